The third-order valence-electron chi connectivity index (χ3n) is 14.2. The number of nitrogens with zero attached hydrogens (tertiary/aromatic N) is 10. The molecule has 0 aliphatic carbocycles. The molecule has 0 bridgehead atoms. The average Bonchev–Trinajstić information content (AvgIpc) is 0.541. The molecule has 10 heterocycles. The van der Waals surface area contributed by atoms with Crippen LogP contribution in [0.3, 0.4) is 0 Å². The minimum absolute atomic E-state index is 0.000426. The summed E-state index contributed by atoms with van der Waals surface area (Å²) in [5, 5.41) is 10.2. The van der Waals surface area contributed by atoms with Crippen LogP contribution in [0.1, 0.15) is 174 Å². The highest BCUT2D eigenvalue weighted by molar-refractivity contribution is 7.57. The predicted octanol–water partition coefficient (Wildman–Crippen LogP) is 18.8. The van der Waals surface area contributed by atoms with Gasteiger partial charge in [-0.25, -0.2) is 97.5 Å². The van der Waals surface area contributed by atoms with Crippen LogP contribution < -0.4 is 50.8 Å². The molecule has 10 unspecified atom stereocenters. The molecule has 840 valence electrons. The van der Waals surface area contributed by atoms with Crippen molar-refractivity contribution in [3.05, 3.63) is 0 Å². The van der Waals surface area contributed by atoms with Gasteiger partial charge in [0, 0.05) is 406 Å². The van der Waals surface area contributed by atoms with Crippen LogP contribution >= 0.6 is 309 Å². The van der Waals surface area contributed by atoms with Gasteiger partial charge in [-0.1, -0.05) is 0 Å². The van der Waals surface area contributed by atoms with Crippen LogP contribution in [0.15, 0.2) is 0 Å². The van der Waals surface area contributed by atoms with E-state index in [4.69, 9.17) is 380 Å². The molecule has 10 rings (SSSR count). The van der Waals surface area contributed by atoms with Crippen molar-refractivity contribution in [2.24, 2.45) is 0 Å². The third-order valence-corrected chi connectivity index (χ3v) is 34.8. The number of halogens is 20. The summed E-state index contributed by atoms with van der Waals surface area (Å²) in [4.78, 5) is 0. The van der Waals surface area contributed by atoms with Crippen LogP contribution in [0.2, 0.25) is 7.06 Å². The van der Waals surface area contributed by atoms with Gasteiger partial charge >= 0.3 is 76.7 Å². The Balaban J connectivity index is 0.00000125. The Hall–Kier alpha value is 6.90. The van der Waals surface area contributed by atoms with Crippen molar-refractivity contribution in [3.63, 3.8) is 0 Å². The zero-order valence-electron chi connectivity index (χ0n) is 156. The number of nitrogens with one attached hydrogen (secondary N) is 10. The van der Waals surface area contributed by atoms with Crippen molar-refractivity contribution in [1.29, 1.82) is 0 Å². The highest BCUT2D eigenvalue weighted by Crippen LogP contribution is 2.56. The minimum atomic E-state index is -5.14. The van der Waals surface area contributed by atoms with Gasteiger partial charge in [-0.05, 0) is 64.0 Å². The van der Waals surface area contributed by atoms with Crippen LogP contribution in [-0.2, 0) is 90.9 Å². The van der Waals surface area contributed by atoms with Gasteiger partial charge < -0.3 is 45.2 Å². The van der Waals surface area contributed by atoms with Crippen molar-refractivity contribution in [3.8, 4) is 0 Å². The number of alkyl halides is 20. The van der Waals surface area contributed by atoms with Crippen LogP contribution in [0.5, 0.6) is 0 Å². The van der Waals surface area contributed by atoms with Crippen molar-refractivity contribution in [2.45, 2.75) is 64.0 Å². The maximum atomic E-state index is 13.1. The number of hydrogen-bond donors (Lipinski definition) is 10. The lowest BCUT2D eigenvalue weighted by Gasteiger charge is -2.33. The molecule has 40 nitrogen and oxygen atoms in total. The lowest BCUT2D eigenvalue weighted by Crippen LogP contribution is -2.35. The molecule has 10 saturated heterocycles. The molecule has 0 radical (unpaired) electrons. The van der Waals surface area contributed by atoms with E-state index in [2.05, 4.69) is 23.7 Å². The fraction of sp³-hybridized carbons (Fsp3) is 1.00. The first-order valence-electron chi connectivity index (χ1n) is 78.9. The van der Waals surface area contributed by atoms with E-state index < -0.39 is 465 Å². The molecule has 0 aromatic rings. The molecule has 140 heavy (non-hydrogen) atoms. The Morgan fingerprint density at radius 2 is 0.414 bits per heavy atom. The zero-order chi connectivity index (χ0) is 180. The molecule has 10 fully saturated rings. The molecule has 0 saturated carbocycles. The van der Waals surface area contributed by atoms with Crippen LogP contribution in [-0.4, -0.2) is 425 Å². The van der Waals surface area contributed by atoms with Gasteiger partial charge in [0.05, 0.1) is 82.2 Å². The topological polar surface area (TPSA) is 416 Å². The summed E-state index contributed by atoms with van der Waals surface area (Å²) in [5.74, 6) is -52.5. The molecular weight excluding hydrogens is 2460 g/mol. The fourth-order valence-corrected chi connectivity index (χ4v) is 26.0. The van der Waals surface area contributed by atoms with Crippen LogP contribution in [0, 0.1) is 0 Å². The molecule has 10 aliphatic heterocycles. The van der Waals surface area contributed by atoms with Crippen LogP contribution in [0.25, 0.3) is 0 Å². The summed E-state index contributed by atoms with van der Waals surface area (Å²) in [6.07, 6.45) is -13.1. The lowest BCUT2D eigenvalue weighted by atomic mass is 10.5. The summed E-state index contributed by atoms with van der Waals surface area (Å²) in [6, 6.07) is 0. The van der Waals surface area contributed by atoms with E-state index in [0.717, 1.165) is 0 Å². The highest BCUT2D eigenvalue weighted by atomic mass is 35.5. The van der Waals surface area contributed by atoms with E-state index in [1.54, 1.807) is 5.09 Å². The lowest BCUT2D eigenvalue weighted by molar-refractivity contribution is 0.232. The van der Waals surface area contributed by atoms with Gasteiger partial charge in [0.25, 0.3) is 0 Å². The molecule has 10 N–H and O–H groups in total. The first-order valence-corrected chi connectivity index (χ1v) is 59.7. The SMILES string of the molecule is [2H]C([2H])(Cl)CN(C([2H])([2H])C([2H])([2H])Cl)P1(=O)NC([2H])([2H])CCO1.[2H]C([2H])(Cl)CN(C([2H])([2H])C([2H])([2H])Cl)P1(=O)NCCCO1.[2H]C([2H])(Cl)CN(CC([2H])([2H])Cl)P1(=O)NC([2H])([2H])C([2H])([2H])C([2H])([2H])O1.[2H]C([2H])(Cl)CN(CC([2H])([2H])Cl)P1(=O)NC([2H])([2H])CC([2H])([2H])O1.[2H]C([2H])(Cl)CN(CC([2H])([2H])Cl)P1(=O)NCC([2H])([2H])C([2H])([2H])O1.[2H]N1C([2H])([2H])C([2H])([2H])C([2H])([2H])OP1(=O)N(CC([2H])([2H])Cl)CC([2H])([2H])Cl.[2H]N1C([2H])([2H])CC([2H])([2H])OP1(=O)N(CC([2H])([2H])Cl)CC([2H])([2H])Cl.[2H]N1C([2H])([2H])CCOP1(=O)N(CC([2H])([2H])Cl)C([2H])([2H])C([2H])([2H])Cl.[2H]N1CC([2H])([2H])C([2H])([2H])OP1(=O)N(CC([2H])([2H])Cl)CC([2H])([2H])Cl.[2H]N1CCCOP1(=O)N(CC([2H])([2H])Cl)C([2H])([2H])C([2H])([2H])Cl. The van der Waals surface area contributed by atoms with Gasteiger partial charge in [-0.15, -0.1) is 232 Å². The molecule has 0 aromatic heterocycles. The molecule has 0 amide bonds. The van der Waals surface area contributed by atoms with Gasteiger partial charge in [0.2, 0.25) is 0 Å². The van der Waals surface area contributed by atoms with Crippen molar-refractivity contribution in [2.75, 3.05) is 378 Å². The summed E-state index contributed by atoms with van der Waals surface area (Å²) in [5.41, 5.74) is 0. The van der Waals surface area contributed by atoms with Crippen LogP contribution in [0.4, 0.5) is 0 Å². The number of hydrogen-bond acceptors (Lipinski definition) is 20. The van der Waals surface area contributed by atoms with Gasteiger partial charge in [0.15, 0.2) is 0 Å². The Morgan fingerprint density at radius 1 is 0.200 bits per heavy atom. The summed E-state index contributed by atoms with van der Waals surface area (Å²) in [7, 11) is -45.7. The normalized spacial score (nSPS) is 46.1. The molecule has 10 aliphatic rings. The highest BCUT2D eigenvalue weighted by Gasteiger charge is 2.42. The van der Waals surface area contributed by atoms with E-state index in [0.29, 0.717) is 45.9 Å². The van der Waals surface area contributed by atoms with Gasteiger partial charge in [-0.3, -0.25) is 45.7 Å². The number of rotatable bonds is 50. The van der Waals surface area contributed by atoms with Crippen molar-refractivity contribution >= 4 is 309 Å². The molecule has 10 atom stereocenters. The second kappa shape index (κ2) is 87.7. The molecule has 0 spiro atoms. The fourth-order valence-electron chi connectivity index (χ4n) is 8.26. The summed E-state index contributed by atoms with van der Waals surface area (Å²) >= 11 is 108. The Morgan fingerprint density at radius 3 is 0.764 bits per heavy atom. The monoisotopic (exact) mass is 2690 g/mol. The van der Waals surface area contributed by atoms with E-state index in [1.165, 1.54) is 0 Å². The Kier molecular flexibility index (Phi) is 36.4. The minimum Gasteiger partial charge on any atom is -0.306 e. The maximum Gasteiger partial charge on any atom is 0.343 e. The second-order valence-electron chi connectivity index (χ2n) is 22.9. The van der Waals surface area contributed by atoms with E-state index in [-0.39, 0.29) is 79.7 Å². The first kappa shape index (κ1) is 58.1. The Bertz CT molecular complexity index is 7520. The summed E-state index contributed by atoms with van der Waals surface area (Å²) in [6.45, 7) is -64.0. The zero-order valence-corrected chi connectivity index (χ0v) is 94.7. The maximum absolute atomic E-state index is 13.1. The smallest absolute Gasteiger partial charge is 0.306 e. The first-order chi connectivity index (χ1) is 97.1. The quantitative estimate of drug-likeness (QED) is 0.0200. The largest absolute Gasteiger partial charge is 0.343 e. The third kappa shape index (κ3) is 58.3. The molecule has 70 heteroatoms. The van der Waals surface area contributed by atoms with Gasteiger partial charge in [0.1, 0.15) is 7.06 Å². The van der Waals surface area contributed by atoms with E-state index >= 15 is 0 Å². The standard InChI is InChI=1S/10C7H15Cl2N2O2P/c10*8-2-5-11(6-3-9)14(12)10-4-1-7-13-14/h10*1-7H2,(H,10,12)/i2*1D2,2D2,3D2,4D2,7D2;2*2D2,3D2,4D2,7D2;2*2D2,3D2,4D2,5D2;2*1D2,2D2,3D2,7D2;2*2D2,3D2,5D2/hD5. The molecule has 0 aromatic carbocycles. The Labute approximate surface area is 1050 Å². The summed E-state index contributed by atoms with van der Waals surface area (Å²) < 4.78 is 815. The van der Waals surface area contributed by atoms with Crippen molar-refractivity contribution in [1.82, 2.24) is 97.5 Å². The van der Waals surface area contributed by atoms with E-state index in [9.17, 15) is 45.7 Å². The molecular formula is C70H150Cl20N20O20P10. The van der Waals surface area contributed by atoms with Crippen molar-refractivity contribution < 1.29 is 208 Å². The second-order valence-corrected chi connectivity index (χ2v) is 47.9. The predicted molar refractivity (Wildman–Crippen MR) is 592 cm³/mol. The average molecular weight is 2700 g/mol. The van der Waals surface area contributed by atoms with E-state index in [1.807, 2.05) is 10.2 Å². The van der Waals surface area contributed by atoms with Gasteiger partial charge in [-0.2, -0.15) is 0 Å².